The van der Waals surface area contributed by atoms with E-state index in [1.165, 1.54) is 32.2 Å². The minimum Gasteiger partial charge on any atom is -0.336 e. The van der Waals surface area contributed by atoms with Gasteiger partial charge in [-0.3, -0.25) is 0 Å². The van der Waals surface area contributed by atoms with Crippen molar-refractivity contribution in [2.45, 2.75) is 52.1 Å². The summed E-state index contributed by atoms with van der Waals surface area (Å²) in [5.74, 6) is 1.85. The van der Waals surface area contributed by atoms with Crippen LogP contribution in [0.3, 0.4) is 0 Å². The Kier molecular flexibility index (Phi) is 4.60. The van der Waals surface area contributed by atoms with Crippen LogP contribution >= 0.6 is 0 Å². The molecule has 1 N–H and O–H groups in total. The van der Waals surface area contributed by atoms with Gasteiger partial charge in [-0.25, -0.2) is 4.98 Å². The fourth-order valence-corrected chi connectivity index (χ4v) is 2.68. The molecule has 0 spiro atoms. The molecule has 96 valence electrons. The van der Waals surface area contributed by atoms with Crippen molar-refractivity contribution in [1.82, 2.24) is 14.9 Å². The monoisotopic (exact) mass is 235 g/mol. The molecule has 1 aliphatic rings. The first kappa shape index (κ1) is 12.6. The third-order valence-corrected chi connectivity index (χ3v) is 3.93. The lowest BCUT2D eigenvalue weighted by Gasteiger charge is -2.27. The second-order valence-corrected chi connectivity index (χ2v) is 5.69. The van der Waals surface area contributed by atoms with Gasteiger partial charge >= 0.3 is 0 Å². The van der Waals surface area contributed by atoms with Crippen molar-refractivity contribution < 1.29 is 0 Å². The van der Waals surface area contributed by atoms with Gasteiger partial charge < -0.3 is 9.88 Å². The molecular formula is C14H25N3. The van der Waals surface area contributed by atoms with E-state index in [2.05, 4.69) is 28.7 Å². The summed E-state index contributed by atoms with van der Waals surface area (Å²) in [6, 6.07) is 0.531. The molecule has 1 atom stereocenters. The molecule has 3 nitrogen and oxygen atoms in total. The summed E-state index contributed by atoms with van der Waals surface area (Å²) in [5, 5.41) is 3.66. The molecule has 1 unspecified atom stereocenters. The number of nitrogens with zero attached hydrogens (tertiary/aromatic N) is 2. The first-order valence-corrected chi connectivity index (χ1v) is 6.93. The summed E-state index contributed by atoms with van der Waals surface area (Å²) in [4.78, 5) is 4.07. The fourth-order valence-electron chi connectivity index (χ4n) is 2.68. The molecule has 0 amide bonds. The van der Waals surface area contributed by atoms with Crippen LogP contribution in [-0.4, -0.2) is 22.1 Å². The molecule has 0 aliphatic heterocycles. The van der Waals surface area contributed by atoms with Gasteiger partial charge in [0.2, 0.25) is 0 Å². The number of imidazole rings is 1. The second-order valence-electron chi connectivity index (χ2n) is 5.69. The zero-order chi connectivity index (χ0) is 12.1. The van der Waals surface area contributed by atoms with E-state index in [1.807, 2.05) is 18.7 Å². The van der Waals surface area contributed by atoms with E-state index in [-0.39, 0.29) is 0 Å². The van der Waals surface area contributed by atoms with E-state index in [4.69, 9.17) is 0 Å². The predicted octanol–water partition coefficient (Wildman–Crippen LogP) is 2.69. The summed E-state index contributed by atoms with van der Waals surface area (Å²) in [7, 11) is 0. The Bertz CT molecular complexity index is 299. The van der Waals surface area contributed by atoms with E-state index >= 15 is 0 Å². The lowest BCUT2D eigenvalue weighted by Crippen LogP contribution is -2.35. The Morgan fingerprint density at radius 1 is 1.35 bits per heavy atom. The molecule has 1 fully saturated rings. The van der Waals surface area contributed by atoms with Gasteiger partial charge in [-0.1, -0.05) is 19.8 Å². The molecule has 0 saturated heterocycles. The van der Waals surface area contributed by atoms with Crippen LogP contribution in [0.5, 0.6) is 0 Å². The van der Waals surface area contributed by atoms with E-state index in [0.29, 0.717) is 6.04 Å². The Morgan fingerprint density at radius 2 is 2.12 bits per heavy atom. The van der Waals surface area contributed by atoms with Gasteiger partial charge in [0.1, 0.15) is 0 Å². The van der Waals surface area contributed by atoms with Gasteiger partial charge in [0, 0.05) is 25.0 Å². The molecule has 3 heteroatoms. The van der Waals surface area contributed by atoms with Crippen molar-refractivity contribution in [1.29, 1.82) is 0 Å². The van der Waals surface area contributed by atoms with Gasteiger partial charge in [0.15, 0.2) is 0 Å². The highest BCUT2D eigenvalue weighted by Gasteiger charge is 2.18. The summed E-state index contributed by atoms with van der Waals surface area (Å²) < 4.78 is 2.14. The highest BCUT2D eigenvalue weighted by molar-refractivity contribution is 4.78. The Balaban J connectivity index is 1.64. The van der Waals surface area contributed by atoms with Crippen LogP contribution in [0.15, 0.2) is 18.7 Å². The van der Waals surface area contributed by atoms with E-state index in [9.17, 15) is 0 Å². The number of hydrogen-bond donors (Lipinski definition) is 1. The maximum atomic E-state index is 4.07. The second kappa shape index (κ2) is 6.20. The average Bonchev–Trinajstić information content (AvgIpc) is 2.81. The van der Waals surface area contributed by atoms with Crippen LogP contribution in [-0.2, 0) is 6.54 Å². The number of rotatable bonds is 5. The Labute approximate surface area is 105 Å². The molecule has 1 aromatic heterocycles. The maximum absolute atomic E-state index is 4.07. The lowest BCUT2D eigenvalue weighted by atomic mass is 9.83. The topological polar surface area (TPSA) is 29.9 Å². The molecule has 1 aliphatic carbocycles. The molecule has 0 radical (unpaired) electrons. The lowest BCUT2D eigenvalue weighted by molar-refractivity contribution is 0.272. The van der Waals surface area contributed by atoms with Crippen molar-refractivity contribution in [2.75, 3.05) is 6.54 Å². The van der Waals surface area contributed by atoms with Crippen molar-refractivity contribution in [3.63, 3.8) is 0 Å². The SMILES string of the molecule is CC1CCC(CNC(C)Cn2ccnc2)CC1. The molecule has 17 heavy (non-hydrogen) atoms. The van der Waals surface area contributed by atoms with Crippen molar-refractivity contribution >= 4 is 0 Å². The number of nitrogens with one attached hydrogen (secondary N) is 1. The summed E-state index contributed by atoms with van der Waals surface area (Å²) >= 11 is 0. The van der Waals surface area contributed by atoms with Crippen LogP contribution in [0.2, 0.25) is 0 Å². The van der Waals surface area contributed by atoms with Gasteiger partial charge in [-0.2, -0.15) is 0 Å². The van der Waals surface area contributed by atoms with Crippen molar-refractivity contribution in [3.05, 3.63) is 18.7 Å². The van der Waals surface area contributed by atoms with Gasteiger partial charge in [0.25, 0.3) is 0 Å². The third kappa shape index (κ3) is 4.15. The zero-order valence-corrected chi connectivity index (χ0v) is 11.1. The highest BCUT2D eigenvalue weighted by Crippen LogP contribution is 2.27. The van der Waals surface area contributed by atoms with Crippen LogP contribution in [0, 0.1) is 11.8 Å². The molecule has 1 aromatic rings. The molecule has 0 aromatic carbocycles. The maximum Gasteiger partial charge on any atom is 0.0946 e. The van der Waals surface area contributed by atoms with E-state index in [0.717, 1.165) is 18.4 Å². The van der Waals surface area contributed by atoms with E-state index in [1.54, 1.807) is 0 Å². The first-order valence-electron chi connectivity index (χ1n) is 6.93. The quantitative estimate of drug-likeness (QED) is 0.850. The van der Waals surface area contributed by atoms with Gasteiger partial charge in [-0.05, 0) is 38.1 Å². The van der Waals surface area contributed by atoms with E-state index < -0.39 is 0 Å². The highest BCUT2D eigenvalue weighted by atomic mass is 15.1. The minimum atomic E-state index is 0.531. The summed E-state index contributed by atoms with van der Waals surface area (Å²) in [6.45, 7) is 6.84. The normalized spacial score (nSPS) is 26.9. The summed E-state index contributed by atoms with van der Waals surface area (Å²) in [6.07, 6.45) is 11.4. The van der Waals surface area contributed by atoms with Crippen LogP contribution in [0.4, 0.5) is 0 Å². The first-order chi connectivity index (χ1) is 8.24. The van der Waals surface area contributed by atoms with Crippen molar-refractivity contribution in [3.8, 4) is 0 Å². The molecule has 0 bridgehead atoms. The summed E-state index contributed by atoms with van der Waals surface area (Å²) in [5.41, 5.74) is 0. The van der Waals surface area contributed by atoms with Gasteiger partial charge in [-0.15, -0.1) is 0 Å². The zero-order valence-electron chi connectivity index (χ0n) is 11.1. The van der Waals surface area contributed by atoms with Gasteiger partial charge in [0.05, 0.1) is 6.33 Å². The van der Waals surface area contributed by atoms with Crippen LogP contribution in [0.25, 0.3) is 0 Å². The Morgan fingerprint density at radius 3 is 2.76 bits per heavy atom. The van der Waals surface area contributed by atoms with Crippen LogP contribution < -0.4 is 5.32 Å². The third-order valence-electron chi connectivity index (χ3n) is 3.93. The number of hydrogen-bond acceptors (Lipinski definition) is 2. The Hall–Kier alpha value is -0.830. The largest absolute Gasteiger partial charge is 0.336 e. The van der Waals surface area contributed by atoms with Crippen molar-refractivity contribution in [2.24, 2.45) is 11.8 Å². The molecule has 2 rings (SSSR count). The number of aromatic nitrogens is 2. The average molecular weight is 235 g/mol. The standard InChI is InChI=1S/C14H25N3/c1-12-3-5-14(6-4-12)9-16-13(2)10-17-8-7-15-11-17/h7-8,11-14,16H,3-6,9-10H2,1-2H3. The molecule has 1 saturated carbocycles. The molecular weight excluding hydrogens is 210 g/mol. The predicted molar refractivity (Wildman–Crippen MR) is 70.8 cm³/mol. The van der Waals surface area contributed by atoms with Crippen LogP contribution in [0.1, 0.15) is 39.5 Å². The fraction of sp³-hybridized carbons (Fsp3) is 0.786. The molecule has 1 heterocycles. The minimum absolute atomic E-state index is 0.531. The smallest absolute Gasteiger partial charge is 0.0946 e.